The van der Waals surface area contributed by atoms with E-state index >= 15 is 0 Å². The minimum Gasteiger partial charge on any atom is -0.508 e. The predicted octanol–water partition coefficient (Wildman–Crippen LogP) is 2.31. The van der Waals surface area contributed by atoms with E-state index in [0.717, 1.165) is 31.6 Å². The molecular weight excluding hydrogens is 239 g/mol. The Bertz CT molecular complexity index is 421. The van der Waals surface area contributed by atoms with Crippen LogP contribution in [0.4, 0.5) is 0 Å². The summed E-state index contributed by atoms with van der Waals surface area (Å²) >= 11 is 0. The van der Waals surface area contributed by atoms with Crippen molar-refractivity contribution >= 4 is 8.58 Å². The quantitative estimate of drug-likeness (QED) is 0.755. The first kappa shape index (κ1) is 11.3. The molecule has 0 aromatic heterocycles. The Labute approximate surface area is 101 Å². The maximum Gasteiger partial charge on any atom is 0.185 e. The van der Waals surface area contributed by atoms with Gasteiger partial charge < -0.3 is 19.7 Å². The third-order valence-electron chi connectivity index (χ3n) is 3.22. The van der Waals surface area contributed by atoms with E-state index in [1.165, 1.54) is 6.07 Å². The minimum atomic E-state index is -0.382. The molecule has 2 aliphatic heterocycles. The number of rotatable bonds is 1. The first-order chi connectivity index (χ1) is 8.19. The molecule has 2 fully saturated rings. The van der Waals surface area contributed by atoms with Crippen molar-refractivity contribution < 1.29 is 19.7 Å². The molecule has 17 heavy (non-hydrogen) atoms. The van der Waals surface area contributed by atoms with Crippen molar-refractivity contribution in [2.24, 2.45) is 0 Å². The zero-order valence-corrected chi connectivity index (χ0v) is 10.3. The molecule has 1 aromatic rings. The Balaban J connectivity index is 1.72. The third-order valence-corrected chi connectivity index (χ3v) is 5.01. The lowest BCUT2D eigenvalue weighted by Gasteiger charge is -2.48. The summed E-state index contributed by atoms with van der Waals surface area (Å²) in [5.41, 5.74) is 0.783. The maximum absolute atomic E-state index is 9.78. The van der Waals surface area contributed by atoms with E-state index in [-0.39, 0.29) is 22.7 Å². The number of phenolic OH excluding ortho intramolecular Hbond substituents is 2. The number of hydrogen-bond acceptors (Lipinski definition) is 4. The van der Waals surface area contributed by atoms with Gasteiger partial charge in [0.05, 0.1) is 13.2 Å². The van der Waals surface area contributed by atoms with E-state index in [1.54, 1.807) is 12.1 Å². The normalized spacial score (nSPS) is 28.1. The van der Waals surface area contributed by atoms with Gasteiger partial charge in [-0.2, -0.15) is 0 Å². The van der Waals surface area contributed by atoms with Gasteiger partial charge in [-0.15, -0.1) is 0 Å². The molecule has 2 N–H and O–H groups in total. The highest BCUT2D eigenvalue weighted by Crippen LogP contribution is 2.64. The molecule has 0 amide bonds. The lowest BCUT2D eigenvalue weighted by molar-refractivity contribution is -0.222. The van der Waals surface area contributed by atoms with Gasteiger partial charge in [0.1, 0.15) is 11.5 Å². The van der Waals surface area contributed by atoms with Crippen molar-refractivity contribution in [1.29, 1.82) is 0 Å². The smallest absolute Gasteiger partial charge is 0.185 e. The monoisotopic (exact) mass is 254 g/mol. The van der Waals surface area contributed by atoms with Gasteiger partial charge >= 0.3 is 0 Å². The van der Waals surface area contributed by atoms with Gasteiger partial charge in [-0.25, -0.2) is 0 Å². The predicted molar refractivity (Wildman–Crippen MR) is 64.7 cm³/mol. The molecule has 5 heteroatoms. The van der Waals surface area contributed by atoms with Gasteiger partial charge in [-0.1, -0.05) is 6.07 Å². The van der Waals surface area contributed by atoms with E-state index < -0.39 is 0 Å². The fourth-order valence-corrected chi connectivity index (χ4v) is 3.93. The summed E-state index contributed by atoms with van der Waals surface area (Å²) in [5.74, 6) is 0.252. The van der Waals surface area contributed by atoms with Crippen LogP contribution in [0.15, 0.2) is 18.2 Å². The molecule has 3 rings (SSSR count). The zero-order valence-electron chi connectivity index (χ0n) is 9.35. The van der Waals surface area contributed by atoms with Crippen LogP contribution in [-0.4, -0.2) is 29.0 Å². The molecule has 4 nitrogen and oxygen atoms in total. The van der Waals surface area contributed by atoms with Gasteiger partial charge in [0.15, 0.2) is 5.53 Å². The summed E-state index contributed by atoms with van der Waals surface area (Å²) in [5, 5.41) is 19.0. The van der Waals surface area contributed by atoms with Crippen LogP contribution in [0.25, 0.3) is 0 Å². The van der Waals surface area contributed by atoms with Crippen molar-refractivity contribution in [2.75, 3.05) is 13.2 Å². The summed E-state index contributed by atoms with van der Waals surface area (Å²) in [6.45, 7) is 1.53. The fourth-order valence-electron chi connectivity index (χ4n) is 2.30. The highest BCUT2D eigenvalue weighted by atomic mass is 31.1. The molecule has 0 saturated carbocycles. The average molecular weight is 254 g/mol. The lowest BCUT2D eigenvalue weighted by atomic mass is 10.1. The van der Waals surface area contributed by atoms with Gasteiger partial charge in [0.2, 0.25) is 0 Å². The second kappa shape index (κ2) is 4.13. The molecule has 1 spiro atoms. The Morgan fingerprint density at radius 2 is 1.94 bits per heavy atom. The Kier molecular flexibility index (Phi) is 2.74. The molecule has 2 unspecified atom stereocenters. The van der Waals surface area contributed by atoms with E-state index in [9.17, 15) is 10.2 Å². The van der Waals surface area contributed by atoms with Crippen LogP contribution in [0.2, 0.25) is 0 Å². The van der Waals surface area contributed by atoms with E-state index in [1.807, 2.05) is 0 Å². The molecule has 0 bridgehead atoms. The van der Waals surface area contributed by atoms with Crippen LogP contribution >= 0.6 is 8.58 Å². The Hall–Kier alpha value is -0.830. The van der Waals surface area contributed by atoms with E-state index in [4.69, 9.17) is 9.47 Å². The number of benzene rings is 1. The summed E-state index contributed by atoms with van der Waals surface area (Å²) < 4.78 is 11.4. The number of hydrogen-bond donors (Lipinski definition) is 2. The molecule has 2 aliphatic rings. The van der Waals surface area contributed by atoms with Crippen molar-refractivity contribution in [2.45, 2.75) is 24.0 Å². The number of aromatic hydroxyl groups is 2. The highest BCUT2D eigenvalue weighted by Gasteiger charge is 2.49. The molecule has 0 radical (unpaired) electrons. The Morgan fingerprint density at radius 3 is 2.59 bits per heavy atom. The van der Waals surface area contributed by atoms with Gasteiger partial charge in [-0.05, 0) is 21.1 Å². The molecule has 2 saturated heterocycles. The van der Waals surface area contributed by atoms with Crippen LogP contribution in [-0.2, 0) is 9.47 Å². The molecule has 2 atom stereocenters. The second-order valence-electron chi connectivity index (χ2n) is 4.45. The van der Waals surface area contributed by atoms with Gasteiger partial charge in [0, 0.05) is 23.7 Å². The van der Waals surface area contributed by atoms with Gasteiger partial charge in [0.25, 0.3) is 0 Å². The number of ether oxygens (including phenoxy) is 2. The summed E-state index contributed by atoms with van der Waals surface area (Å²) in [4.78, 5) is 0. The largest absolute Gasteiger partial charge is 0.508 e. The third kappa shape index (κ3) is 2.01. The maximum atomic E-state index is 9.78. The summed E-state index contributed by atoms with van der Waals surface area (Å²) in [6.07, 6.45) is 1.76. The zero-order chi connectivity index (χ0) is 11.9. The minimum absolute atomic E-state index is 0.0915. The van der Waals surface area contributed by atoms with E-state index in [2.05, 4.69) is 0 Å². The fraction of sp³-hybridized carbons (Fsp3) is 0.500. The first-order valence-electron chi connectivity index (χ1n) is 5.76. The lowest BCUT2D eigenvalue weighted by Crippen LogP contribution is -2.43. The summed E-state index contributed by atoms with van der Waals surface area (Å²) in [7, 11) is 0.516. The van der Waals surface area contributed by atoms with Gasteiger partial charge in [-0.3, -0.25) is 0 Å². The van der Waals surface area contributed by atoms with Crippen molar-refractivity contribution in [1.82, 2.24) is 0 Å². The first-order valence-corrected chi connectivity index (χ1v) is 6.84. The second-order valence-corrected chi connectivity index (χ2v) is 6.19. The van der Waals surface area contributed by atoms with Crippen LogP contribution < -0.4 is 0 Å². The van der Waals surface area contributed by atoms with Crippen molar-refractivity contribution in [3.63, 3.8) is 0 Å². The van der Waals surface area contributed by atoms with Crippen LogP contribution in [0.1, 0.15) is 24.1 Å². The molecule has 2 heterocycles. The van der Waals surface area contributed by atoms with Crippen LogP contribution in [0.3, 0.4) is 0 Å². The van der Waals surface area contributed by atoms with Crippen molar-refractivity contribution in [3.05, 3.63) is 23.8 Å². The average Bonchev–Trinajstić information content (AvgIpc) is 2.27. The van der Waals surface area contributed by atoms with Crippen LogP contribution in [0.5, 0.6) is 11.5 Å². The highest BCUT2D eigenvalue weighted by molar-refractivity contribution is 7.42. The summed E-state index contributed by atoms with van der Waals surface area (Å²) in [6, 6.07) is 4.76. The topological polar surface area (TPSA) is 58.9 Å². The molecule has 92 valence electrons. The Morgan fingerprint density at radius 1 is 1.24 bits per heavy atom. The van der Waals surface area contributed by atoms with Crippen molar-refractivity contribution in [3.8, 4) is 11.5 Å². The standard InChI is InChI=1S/C12H15O4P/c13-8-2-3-9(10(14)6-8)11-7-12(17-11)15-4-1-5-16-12/h2-3,6,11,13-14,17H,1,4-5,7H2. The SMILES string of the molecule is Oc1ccc(C2CC3(OCCCO3)P2)c(O)c1. The molecular formula is C12H15O4P. The molecule has 1 aromatic carbocycles. The van der Waals surface area contributed by atoms with Crippen LogP contribution in [0, 0.1) is 0 Å². The van der Waals surface area contributed by atoms with E-state index in [0.29, 0.717) is 8.58 Å². The number of phenols is 2. The molecule has 0 aliphatic carbocycles.